The Kier molecular flexibility index (Phi) is 4.52. The first-order valence-electron chi connectivity index (χ1n) is 8.91. The van der Waals surface area contributed by atoms with E-state index in [-0.39, 0.29) is 11.9 Å². The van der Waals surface area contributed by atoms with Crippen molar-refractivity contribution in [3.05, 3.63) is 54.6 Å². The maximum atomic E-state index is 12.0. The molecular formula is C21H21N3O2. The van der Waals surface area contributed by atoms with Crippen LogP contribution in [0.1, 0.15) is 12.8 Å². The third-order valence-corrected chi connectivity index (χ3v) is 4.88. The number of fused-ring (bicyclic) bond motifs is 1. The second-order valence-corrected chi connectivity index (χ2v) is 6.56. The quantitative estimate of drug-likeness (QED) is 0.677. The first-order chi connectivity index (χ1) is 12.8. The minimum atomic E-state index is -0.154. The molecule has 1 saturated heterocycles. The van der Waals surface area contributed by atoms with Gasteiger partial charge < -0.3 is 9.64 Å². The predicted molar refractivity (Wildman–Crippen MR) is 102 cm³/mol. The molecule has 0 amide bonds. The minimum Gasteiger partial charge on any atom is -0.469 e. The molecule has 2 heterocycles. The molecule has 1 aliphatic rings. The Bertz CT molecular complexity index is 927. The Morgan fingerprint density at radius 1 is 1.08 bits per heavy atom. The Balaban J connectivity index is 1.78. The van der Waals surface area contributed by atoms with Crippen LogP contribution < -0.4 is 4.90 Å². The maximum absolute atomic E-state index is 12.0. The summed E-state index contributed by atoms with van der Waals surface area (Å²) in [4.78, 5) is 23.7. The van der Waals surface area contributed by atoms with E-state index in [1.54, 1.807) is 0 Å². The van der Waals surface area contributed by atoms with E-state index in [2.05, 4.69) is 23.1 Å². The summed E-state index contributed by atoms with van der Waals surface area (Å²) in [6.45, 7) is 1.44. The highest BCUT2D eigenvalue weighted by Gasteiger charge is 2.28. The van der Waals surface area contributed by atoms with Gasteiger partial charge in [0.25, 0.3) is 0 Å². The van der Waals surface area contributed by atoms with E-state index in [9.17, 15) is 4.79 Å². The molecule has 0 bridgehead atoms. The number of nitrogens with zero attached hydrogens (tertiary/aromatic N) is 3. The highest BCUT2D eigenvalue weighted by molar-refractivity contribution is 5.93. The molecule has 132 valence electrons. The standard InChI is InChI=1S/C21H21N3O2/c1-26-20(25)16-10-7-13-24(14-16)21-22-18-12-6-5-11-17(18)19(23-21)15-8-3-2-4-9-15/h2-6,8-9,11-12,16H,7,10,13-14H2,1H3/t16-/m0/s1. The Hall–Kier alpha value is -2.95. The summed E-state index contributed by atoms with van der Waals surface area (Å²) in [5.74, 6) is 0.402. The Morgan fingerprint density at radius 2 is 1.85 bits per heavy atom. The second-order valence-electron chi connectivity index (χ2n) is 6.56. The van der Waals surface area contributed by atoms with E-state index in [0.717, 1.165) is 41.5 Å². The number of carbonyl (C=O) groups is 1. The van der Waals surface area contributed by atoms with E-state index < -0.39 is 0 Å². The summed E-state index contributed by atoms with van der Waals surface area (Å²) in [5.41, 5.74) is 2.90. The van der Waals surface area contributed by atoms with Crippen molar-refractivity contribution >= 4 is 22.8 Å². The van der Waals surface area contributed by atoms with Crippen LogP contribution in [0.2, 0.25) is 0 Å². The Labute approximate surface area is 152 Å². The lowest BCUT2D eigenvalue weighted by Gasteiger charge is -2.31. The van der Waals surface area contributed by atoms with Crippen molar-refractivity contribution in [2.75, 3.05) is 25.1 Å². The number of carbonyl (C=O) groups excluding carboxylic acids is 1. The summed E-state index contributed by atoms with van der Waals surface area (Å²) in [6.07, 6.45) is 1.78. The molecule has 0 N–H and O–H groups in total. The molecule has 1 fully saturated rings. The van der Waals surface area contributed by atoms with Crippen molar-refractivity contribution in [2.24, 2.45) is 5.92 Å². The first-order valence-corrected chi connectivity index (χ1v) is 8.91. The van der Waals surface area contributed by atoms with Gasteiger partial charge in [0.1, 0.15) is 0 Å². The molecule has 2 aromatic carbocycles. The molecule has 0 saturated carbocycles. The molecule has 1 aliphatic heterocycles. The van der Waals surface area contributed by atoms with Gasteiger partial charge in [0.15, 0.2) is 0 Å². The van der Waals surface area contributed by atoms with E-state index in [1.807, 2.05) is 36.4 Å². The molecule has 1 atom stereocenters. The van der Waals surface area contributed by atoms with Crippen LogP contribution in [0.15, 0.2) is 54.6 Å². The average molecular weight is 347 g/mol. The fraction of sp³-hybridized carbons (Fsp3) is 0.286. The Morgan fingerprint density at radius 3 is 2.65 bits per heavy atom. The van der Waals surface area contributed by atoms with E-state index >= 15 is 0 Å². The molecule has 0 unspecified atom stereocenters. The lowest BCUT2D eigenvalue weighted by Crippen LogP contribution is -2.40. The number of anilines is 1. The van der Waals surface area contributed by atoms with Crippen LogP contribution in [0.4, 0.5) is 5.95 Å². The number of esters is 1. The second kappa shape index (κ2) is 7.12. The number of piperidine rings is 1. The highest BCUT2D eigenvalue weighted by Crippen LogP contribution is 2.29. The summed E-state index contributed by atoms with van der Waals surface area (Å²) in [6, 6.07) is 18.2. The summed E-state index contributed by atoms with van der Waals surface area (Å²) in [7, 11) is 1.45. The number of ether oxygens (including phenoxy) is 1. The van der Waals surface area contributed by atoms with E-state index in [1.165, 1.54) is 7.11 Å². The third-order valence-electron chi connectivity index (χ3n) is 4.88. The molecule has 5 heteroatoms. The smallest absolute Gasteiger partial charge is 0.310 e. The van der Waals surface area contributed by atoms with Crippen LogP contribution in [0.5, 0.6) is 0 Å². The molecule has 26 heavy (non-hydrogen) atoms. The van der Waals surface area contributed by atoms with E-state index in [0.29, 0.717) is 12.5 Å². The van der Waals surface area contributed by atoms with E-state index in [4.69, 9.17) is 14.7 Å². The fourth-order valence-corrected chi connectivity index (χ4v) is 3.54. The monoisotopic (exact) mass is 347 g/mol. The van der Waals surface area contributed by atoms with Crippen LogP contribution >= 0.6 is 0 Å². The third kappa shape index (κ3) is 3.12. The molecule has 3 aromatic rings. The van der Waals surface area contributed by atoms with Gasteiger partial charge in [-0.3, -0.25) is 4.79 Å². The molecule has 1 aromatic heterocycles. The van der Waals surface area contributed by atoms with Crippen LogP contribution in [0.25, 0.3) is 22.2 Å². The van der Waals surface area contributed by atoms with Gasteiger partial charge in [-0.15, -0.1) is 0 Å². The normalized spacial score (nSPS) is 17.3. The van der Waals surface area contributed by atoms with Gasteiger partial charge in [-0.2, -0.15) is 0 Å². The number of methoxy groups -OCH3 is 1. The van der Waals surface area contributed by atoms with Gasteiger partial charge in [-0.1, -0.05) is 48.5 Å². The number of hydrogen-bond donors (Lipinski definition) is 0. The molecule has 4 rings (SSSR count). The van der Waals surface area contributed by atoms with Crippen LogP contribution in [0.3, 0.4) is 0 Å². The maximum Gasteiger partial charge on any atom is 0.310 e. The molecule has 0 radical (unpaired) electrons. The molecule has 0 aliphatic carbocycles. The van der Waals surface area contributed by atoms with Crippen molar-refractivity contribution in [1.82, 2.24) is 9.97 Å². The largest absolute Gasteiger partial charge is 0.469 e. The zero-order chi connectivity index (χ0) is 17.9. The minimum absolute atomic E-state index is 0.121. The van der Waals surface area contributed by atoms with Crippen molar-refractivity contribution in [1.29, 1.82) is 0 Å². The first kappa shape index (κ1) is 16.5. The van der Waals surface area contributed by atoms with Gasteiger partial charge in [0, 0.05) is 24.0 Å². The number of para-hydroxylation sites is 1. The van der Waals surface area contributed by atoms with Gasteiger partial charge in [0.2, 0.25) is 5.95 Å². The van der Waals surface area contributed by atoms with Crippen molar-refractivity contribution in [2.45, 2.75) is 12.8 Å². The van der Waals surface area contributed by atoms with Crippen molar-refractivity contribution in [3.63, 3.8) is 0 Å². The van der Waals surface area contributed by atoms with Gasteiger partial charge in [-0.25, -0.2) is 9.97 Å². The predicted octanol–water partition coefficient (Wildman–Crippen LogP) is 3.69. The van der Waals surface area contributed by atoms with Crippen LogP contribution in [-0.2, 0) is 9.53 Å². The van der Waals surface area contributed by atoms with Crippen molar-refractivity contribution in [3.8, 4) is 11.3 Å². The number of rotatable bonds is 3. The molecule has 0 spiro atoms. The van der Waals surface area contributed by atoms with Crippen molar-refractivity contribution < 1.29 is 9.53 Å². The van der Waals surface area contributed by atoms with Crippen LogP contribution in [0, 0.1) is 5.92 Å². The summed E-state index contributed by atoms with van der Waals surface area (Å²) in [5, 5.41) is 1.03. The number of benzene rings is 2. The number of aromatic nitrogens is 2. The number of hydrogen-bond acceptors (Lipinski definition) is 5. The average Bonchev–Trinajstić information content (AvgIpc) is 2.73. The molecular weight excluding hydrogens is 326 g/mol. The highest BCUT2D eigenvalue weighted by atomic mass is 16.5. The fourth-order valence-electron chi connectivity index (χ4n) is 3.54. The zero-order valence-corrected chi connectivity index (χ0v) is 14.8. The topological polar surface area (TPSA) is 55.3 Å². The summed E-state index contributed by atoms with van der Waals surface area (Å²) < 4.78 is 4.93. The van der Waals surface area contributed by atoms with Gasteiger partial charge in [0.05, 0.1) is 24.2 Å². The lowest BCUT2D eigenvalue weighted by atomic mass is 9.98. The van der Waals surface area contributed by atoms with Gasteiger partial charge >= 0.3 is 5.97 Å². The zero-order valence-electron chi connectivity index (χ0n) is 14.8. The SMILES string of the molecule is COC(=O)[C@H]1CCCN(c2nc(-c3ccccc3)c3ccccc3n2)C1. The van der Waals surface area contributed by atoms with Crippen LogP contribution in [-0.4, -0.2) is 36.1 Å². The van der Waals surface area contributed by atoms with Gasteiger partial charge in [-0.05, 0) is 18.9 Å². The molecule has 5 nitrogen and oxygen atoms in total. The summed E-state index contributed by atoms with van der Waals surface area (Å²) >= 11 is 0. The lowest BCUT2D eigenvalue weighted by molar-refractivity contribution is -0.145.